The standard InChI is InChI=1S/C12H13BrN2O2/c1-16-9-3-7-5-11(13)15-12(14)6-8(7)4-10(9)17-2/h3-5H,6H2,1-2H3,(H2,14,15). The number of methoxy groups -OCH3 is 2. The van der Waals surface area contributed by atoms with Gasteiger partial charge in [-0.2, -0.15) is 0 Å². The molecule has 17 heavy (non-hydrogen) atoms. The Hall–Kier alpha value is -1.49. The molecule has 0 aliphatic carbocycles. The average molecular weight is 297 g/mol. The monoisotopic (exact) mass is 296 g/mol. The van der Waals surface area contributed by atoms with E-state index in [1.54, 1.807) is 14.2 Å². The summed E-state index contributed by atoms with van der Waals surface area (Å²) < 4.78 is 11.2. The van der Waals surface area contributed by atoms with E-state index >= 15 is 0 Å². The van der Waals surface area contributed by atoms with Crippen LogP contribution in [0.15, 0.2) is 21.7 Å². The fourth-order valence-electron chi connectivity index (χ4n) is 1.76. The van der Waals surface area contributed by atoms with Crippen molar-refractivity contribution in [2.75, 3.05) is 14.2 Å². The van der Waals surface area contributed by atoms with Crippen LogP contribution in [0.5, 0.6) is 11.5 Å². The van der Waals surface area contributed by atoms with Gasteiger partial charge in [0.1, 0.15) is 10.4 Å². The van der Waals surface area contributed by atoms with Gasteiger partial charge in [-0.15, -0.1) is 0 Å². The maximum Gasteiger partial charge on any atom is 0.161 e. The molecule has 4 nitrogen and oxygen atoms in total. The molecule has 2 N–H and O–H groups in total. The average Bonchev–Trinajstić information content (AvgIpc) is 2.43. The quantitative estimate of drug-likeness (QED) is 0.852. The van der Waals surface area contributed by atoms with Crippen molar-refractivity contribution in [3.05, 3.63) is 27.9 Å². The second kappa shape index (κ2) is 4.79. The van der Waals surface area contributed by atoms with Gasteiger partial charge in [-0.3, -0.25) is 0 Å². The number of nitrogens with zero attached hydrogens (tertiary/aromatic N) is 1. The fourth-order valence-corrected chi connectivity index (χ4v) is 2.23. The number of amidine groups is 1. The molecule has 0 amide bonds. The van der Waals surface area contributed by atoms with Gasteiger partial charge in [0, 0.05) is 6.42 Å². The van der Waals surface area contributed by atoms with Gasteiger partial charge in [0.2, 0.25) is 0 Å². The van der Waals surface area contributed by atoms with Crippen molar-refractivity contribution in [1.82, 2.24) is 0 Å². The third-order valence-corrected chi connectivity index (χ3v) is 2.95. The van der Waals surface area contributed by atoms with Crippen LogP contribution in [-0.2, 0) is 6.42 Å². The summed E-state index contributed by atoms with van der Waals surface area (Å²) in [7, 11) is 3.23. The molecule has 1 aromatic rings. The predicted octanol–water partition coefficient (Wildman–Crippen LogP) is 2.31. The molecule has 5 heteroatoms. The van der Waals surface area contributed by atoms with Crippen LogP contribution in [0.2, 0.25) is 0 Å². The van der Waals surface area contributed by atoms with E-state index in [1.807, 2.05) is 18.2 Å². The van der Waals surface area contributed by atoms with Crippen molar-refractivity contribution in [1.29, 1.82) is 0 Å². The number of hydrogen-bond acceptors (Lipinski definition) is 4. The third-order valence-electron chi connectivity index (χ3n) is 2.54. The zero-order valence-corrected chi connectivity index (χ0v) is 11.2. The second-order valence-electron chi connectivity index (χ2n) is 3.65. The molecule has 1 aromatic carbocycles. The molecule has 1 aliphatic rings. The van der Waals surface area contributed by atoms with Crippen LogP contribution >= 0.6 is 15.9 Å². The summed E-state index contributed by atoms with van der Waals surface area (Å²) in [6.45, 7) is 0. The highest BCUT2D eigenvalue weighted by Gasteiger charge is 2.13. The first-order chi connectivity index (χ1) is 8.13. The van der Waals surface area contributed by atoms with Crippen LogP contribution in [0.4, 0.5) is 0 Å². The van der Waals surface area contributed by atoms with E-state index in [1.165, 1.54) is 0 Å². The van der Waals surface area contributed by atoms with Gasteiger partial charge in [-0.25, -0.2) is 4.99 Å². The number of hydrogen-bond donors (Lipinski definition) is 1. The summed E-state index contributed by atoms with van der Waals surface area (Å²) in [5, 5.41) is 0. The van der Waals surface area contributed by atoms with E-state index in [2.05, 4.69) is 20.9 Å². The summed E-state index contributed by atoms with van der Waals surface area (Å²) >= 11 is 3.35. The lowest BCUT2D eigenvalue weighted by Gasteiger charge is -2.11. The minimum Gasteiger partial charge on any atom is -0.493 e. The van der Waals surface area contributed by atoms with Crippen molar-refractivity contribution in [2.45, 2.75) is 6.42 Å². The zero-order chi connectivity index (χ0) is 12.4. The largest absolute Gasteiger partial charge is 0.493 e. The van der Waals surface area contributed by atoms with Crippen LogP contribution < -0.4 is 15.2 Å². The van der Waals surface area contributed by atoms with Crippen LogP contribution in [0.25, 0.3) is 6.08 Å². The Balaban J connectivity index is 2.57. The molecular formula is C12H13BrN2O2. The minimum atomic E-state index is 0.569. The van der Waals surface area contributed by atoms with Crippen molar-refractivity contribution < 1.29 is 9.47 Å². The Kier molecular flexibility index (Phi) is 3.38. The van der Waals surface area contributed by atoms with E-state index in [9.17, 15) is 0 Å². The van der Waals surface area contributed by atoms with Gasteiger partial charge in [0.05, 0.1) is 14.2 Å². The summed E-state index contributed by atoms with van der Waals surface area (Å²) in [5.41, 5.74) is 7.90. The highest BCUT2D eigenvalue weighted by molar-refractivity contribution is 9.11. The Morgan fingerprint density at radius 2 is 1.88 bits per heavy atom. The summed E-state index contributed by atoms with van der Waals surface area (Å²) in [4.78, 5) is 4.19. The highest BCUT2D eigenvalue weighted by Crippen LogP contribution is 2.33. The van der Waals surface area contributed by atoms with E-state index in [4.69, 9.17) is 15.2 Å². The van der Waals surface area contributed by atoms with Crippen molar-refractivity contribution in [3.63, 3.8) is 0 Å². The molecule has 2 rings (SSSR count). The Morgan fingerprint density at radius 1 is 1.24 bits per heavy atom. The number of aliphatic imine (C=N–C) groups is 1. The SMILES string of the molecule is COc1cc2c(cc1OC)CC(N)=NC(Br)=C2. The first-order valence-corrected chi connectivity index (χ1v) is 5.88. The molecule has 0 fully saturated rings. The minimum absolute atomic E-state index is 0.569. The van der Waals surface area contributed by atoms with Gasteiger partial charge in [0.25, 0.3) is 0 Å². The number of halogens is 1. The van der Waals surface area contributed by atoms with Crippen LogP contribution in [0.1, 0.15) is 11.1 Å². The summed E-state index contributed by atoms with van der Waals surface area (Å²) in [6.07, 6.45) is 2.51. The van der Waals surface area contributed by atoms with E-state index < -0.39 is 0 Å². The van der Waals surface area contributed by atoms with E-state index in [0.717, 1.165) is 11.1 Å². The Morgan fingerprint density at radius 3 is 2.53 bits per heavy atom. The maximum absolute atomic E-state index is 5.81. The molecular weight excluding hydrogens is 284 g/mol. The first-order valence-electron chi connectivity index (χ1n) is 5.09. The van der Waals surface area contributed by atoms with Gasteiger partial charge in [0.15, 0.2) is 11.5 Å². The Labute approximate surface area is 108 Å². The smallest absolute Gasteiger partial charge is 0.161 e. The van der Waals surface area contributed by atoms with Gasteiger partial charge in [-0.05, 0) is 45.3 Å². The second-order valence-corrected chi connectivity index (χ2v) is 4.47. The number of benzene rings is 1. The lowest BCUT2D eigenvalue weighted by Crippen LogP contribution is -2.14. The Bertz CT molecular complexity index is 509. The van der Waals surface area contributed by atoms with E-state index in [-0.39, 0.29) is 0 Å². The summed E-state index contributed by atoms with van der Waals surface area (Å²) in [6, 6.07) is 3.85. The molecule has 0 saturated carbocycles. The normalized spacial score (nSPS) is 14.3. The molecule has 0 saturated heterocycles. The fraction of sp³-hybridized carbons (Fsp3) is 0.250. The van der Waals surface area contributed by atoms with Gasteiger partial charge >= 0.3 is 0 Å². The first kappa shape index (κ1) is 12.0. The van der Waals surface area contributed by atoms with Crippen molar-refractivity contribution in [2.24, 2.45) is 10.7 Å². The molecule has 0 radical (unpaired) electrons. The van der Waals surface area contributed by atoms with Crippen LogP contribution in [0.3, 0.4) is 0 Å². The maximum atomic E-state index is 5.81. The van der Waals surface area contributed by atoms with Gasteiger partial charge < -0.3 is 15.2 Å². The zero-order valence-electron chi connectivity index (χ0n) is 9.66. The molecule has 1 aliphatic heterocycles. The predicted molar refractivity (Wildman–Crippen MR) is 71.8 cm³/mol. The number of nitrogens with two attached hydrogens (primary N) is 1. The topological polar surface area (TPSA) is 56.8 Å². The summed E-state index contributed by atoms with van der Waals surface area (Å²) in [5.74, 6) is 1.97. The third kappa shape index (κ3) is 2.44. The van der Waals surface area contributed by atoms with Gasteiger partial charge in [-0.1, -0.05) is 0 Å². The molecule has 0 bridgehead atoms. The lowest BCUT2D eigenvalue weighted by atomic mass is 10.0. The van der Waals surface area contributed by atoms with Crippen molar-refractivity contribution in [3.8, 4) is 11.5 Å². The molecule has 0 spiro atoms. The number of fused-ring (bicyclic) bond motifs is 1. The van der Waals surface area contributed by atoms with Crippen LogP contribution in [0, 0.1) is 0 Å². The highest BCUT2D eigenvalue weighted by atomic mass is 79.9. The molecule has 1 heterocycles. The lowest BCUT2D eigenvalue weighted by molar-refractivity contribution is 0.354. The van der Waals surface area contributed by atoms with E-state index in [0.29, 0.717) is 28.4 Å². The van der Waals surface area contributed by atoms with Crippen LogP contribution in [-0.4, -0.2) is 20.1 Å². The molecule has 90 valence electrons. The van der Waals surface area contributed by atoms with Crippen molar-refractivity contribution >= 4 is 27.8 Å². The number of ether oxygens (including phenoxy) is 2. The molecule has 0 atom stereocenters. The molecule has 0 unspecified atom stereocenters. The molecule has 0 aromatic heterocycles. The number of rotatable bonds is 2.